The molecule has 0 aliphatic heterocycles. The predicted octanol–water partition coefficient (Wildman–Crippen LogP) is 1.95. The van der Waals surface area contributed by atoms with Gasteiger partial charge in [-0.1, -0.05) is 13.8 Å². The molecule has 0 radical (unpaired) electrons. The first-order chi connectivity index (χ1) is 9.03. The summed E-state index contributed by atoms with van der Waals surface area (Å²) in [6.45, 7) is 4.60. The van der Waals surface area contributed by atoms with Crippen LogP contribution in [0.3, 0.4) is 0 Å². The normalized spacial score (nSPS) is 13.0. The molecule has 0 fully saturated rings. The molecule has 0 aliphatic carbocycles. The third-order valence-electron chi connectivity index (χ3n) is 2.74. The summed E-state index contributed by atoms with van der Waals surface area (Å²) in [6.07, 6.45) is 1.42. The number of anilines is 1. The maximum absolute atomic E-state index is 12.0. The van der Waals surface area contributed by atoms with Crippen molar-refractivity contribution in [3.8, 4) is 5.75 Å². The lowest BCUT2D eigenvalue weighted by atomic mass is 10.3. The Morgan fingerprint density at radius 2 is 1.89 bits per heavy atom. The van der Waals surface area contributed by atoms with E-state index in [-0.39, 0.29) is 6.54 Å². The maximum atomic E-state index is 12.0. The van der Waals surface area contributed by atoms with E-state index < -0.39 is 15.3 Å². The van der Waals surface area contributed by atoms with Gasteiger partial charge in [-0.15, -0.1) is 0 Å². The summed E-state index contributed by atoms with van der Waals surface area (Å²) in [5.41, 5.74) is 5.99. The SMILES string of the molecule is CCCOc1ccc(NS(=O)(=O)C(CC)CN)cc1. The number of hydrogen-bond donors (Lipinski definition) is 2. The van der Waals surface area contributed by atoms with Crippen LogP contribution in [0, 0.1) is 0 Å². The van der Waals surface area contributed by atoms with Gasteiger partial charge in [0.15, 0.2) is 0 Å². The third-order valence-corrected chi connectivity index (χ3v) is 4.67. The molecule has 108 valence electrons. The van der Waals surface area contributed by atoms with E-state index in [1.807, 2.05) is 6.92 Å². The molecule has 1 aromatic carbocycles. The Balaban J connectivity index is 2.72. The molecule has 0 bridgehead atoms. The van der Waals surface area contributed by atoms with Crippen LogP contribution >= 0.6 is 0 Å². The highest BCUT2D eigenvalue weighted by atomic mass is 32.2. The van der Waals surface area contributed by atoms with Crippen molar-refractivity contribution in [1.29, 1.82) is 0 Å². The van der Waals surface area contributed by atoms with Crippen LogP contribution in [0.2, 0.25) is 0 Å². The summed E-state index contributed by atoms with van der Waals surface area (Å²) in [4.78, 5) is 0. The second-order valence-electron chi connectivity index (χ2n) is 4.29. The van der Waals surface area contributed by atoms with Gasteiger partial charge < -0.3 is 10.5 Å². The fourth-order valence-corrected chi connectivity index (χ4v) is 2.92. The van der Waals surface area contributed by atoms with Crippen molar-refractivity contribution in [3.05, 3.63) is 24.3 Å². The molecule has 1 unspecified atom stereocenters. The Bertz CT molecular complexity index is 467. The average Bonchev–Trinajstić information content (AvgIpc) is 2.38. The fraction of sp³-hybridized carbons (Fsp3) is 0.538. The van der Waals surface area contributed by atoms with Crippen molar-refractivity contribution in [3.63, 3.8) is 0 Å². The molecule has 1 rings (SSSR count). The highest BCUT2D eigenvalue weighted by Crippen LogP contribution is 2.18. The van der Waals surface area contributed by atoms with Gasteiger partial charge in [0, 0.05) is 12.2 Å². The van der Waals surface area contributed by atoms with Crippen molar-refractivity contribution in [2.45, 2.75) is 31.9 Å². The molecule has 19 heavy (non-hydrogen) atoms. The number of nitrogens with two attached hydrogens (primary N) is 1. The zero-order chi connectivity index (χ0) is 14.3. The van der Waals surface area contributed by atoms with Crippen molar-refractivity contribution < 1.29 is 13.2 Å². The van der Waals surface area contributed by atoms with Gasteiger partial charge in [-0.05, 0) is 37.1 Å². The van der Waals surface area contributed by atoms with Crippen LogP contribution in [0.15, 0.2) is 24.3 Å². The minimum Gasteiger partial charge on any atom is -0.494 e. The summed E-state index contributed by atoms with van der Waals surface area (Å²) in [7, 11) is -3.42. The molecular formula is C13H22N2O3S. The Labute approximate surface area is 115 Å². The number of hydrogen-bond acceptors (Lipinski definition) is 4. The van der Waals surface area contributed by atoms with Crippen molar-refractivity contribution in [2.24, 2.45) is 5.73 Å². The lowest BCUT2D eigenvalue weighted by molar-refractivity contribution is 0.317. The molecule has 0 spiro atoms. The molecule has 6 heteroatoms. The van der Waals surface area contributed by atoms with Gasteiger partial charge >= 0.3 is 0 Å². The molecule has 1 atom stereocenters. The van der Waals surface area contributed by atoms with Crippen LogP contribution in [0.25, 0.3) is 0 Å². The molecule has 0 saturated heterocycles. The van der Waals surface area contributed by atoms with Crippen LogP contribution in [0.1, 0.15) is 26.7 Å². The Morgan fingerprint density at radius 1 is 1.26 bits per heavy atom. The van der Waals surface area contributed by atoms with Crippen LogP contribution in [-0.2, 0) is 10.0 Å². The zero-order valence-corrected chi connectivity index (χ0v) is 12.2. The first kappa shape index (κ1) is 15.8. The highest BCUT2D eigenvalue weighted by Gasteiger charge is 2.21. The molecule has 0 aliphatic rings. The first-order valence-electron chi connectivity index (χ1n) is 6.48. The monoisotopic (exact) mass is 286 g/mol. The summed E-state index contributed by atoms with van der Waals surface area (Å²) in [6, 6.07) is 6.87. The smallest absolute Gasteiger partial charge is 0.236 e. The van der Waals surface area contributed by atoms with Crippen molar-refractivity contribution in [2.75, 3.05) is 17.9 Å². The first-order valence-corrected chi connectivity index (χ1v) is 8.02. The second-order valence-corrected chi connectivity index (χ2v) is 6.25. The molecule has 0 saturated carbocycles. The van der Waals surface area contributed by atoms with E-state index in [0.29, 0.717) is 18.7 Å². The minimum atomic E-state index is -3.42. The largest absolute Gasteiger partial charge is 0.494 e. The van der Waals surface area contributed by atoms with E-state index in [2.05, 4.69) is 4.72 Å². The summed E-state index contributed by atoms with van der Waals surface area (Å²) < 4.78 is 32.0. The van der Waals surface area contributed by atoms with Gasteiger partial charge in [-0.3, -0.25) is 4.72 Å². The van der Waals surface area contributed by atoms with Crippen LogP contribution in [-0.4, -0.2) is 26.8 Å². The quantitative estimate of drug-likeness (QED) is 0.765. The van der Waals surface area contributed by atoms with Gasteiger partial charge in [0.1, 0.15) is 5.75 Å². The fourth-order valence-electron chi connectivity index (χ4n) is 1.60. The van der Waals surface area contributed by atoms with E-state index in [9.17, 15) is 8.42 Å². The number of ether oxygens (including phenoxy) is 1. The highest BCUT2D eigenvalue weighted by molar-refractivity contribution is 7.93. The molecule has 5 nitrogen and oxygen atoms in total. The number of nitrogens with one attached hydrogen (secondary N) is 1. The summed E-state index contributed by atoms with van der Waals surface area (Å²) in [5.74, 6) is 0.732. The minimum absolute atomic E-state index is 0.115. The van der Waals surface area contributed by atoms with Gasteiger partial charge in [0.2, 0.25) is 10.0 Å². The van der Waals surface area contributed by atoms with E-state index in [4.69, 9.17) is 10.5 Å². The predicted molar refractivity (Wildman–Crippen MR) is 77.9 cm³/mol. The Morgan fingerprint density at radius 3 is 2.37 bits per heavy atom. The molecule has 1 aromatic rings. The lowest BCUT2D eigenvalue weighted by Gasteiger charge is -2.15. The zero-order valence-electron chi connectivity index (χ0n) is 11.4. The topological polar surface area (TPSA) is 81.4 Å². The number of sulfonamides is 1. The summed E-state index contributed by atoms with van der Waals surface area (Å²) >= 11 is 0. The molecule has 0 heterocycles. The lowest BCUT2D eigenvalue weighted by Crippen LogP contribution is -2.33. The number of rotatable bonds is 8. The van der Waals surface area contributed by atoms with Crippen molar-refractivity contribution >= 4 is 15.7 Å². The van der Waals surface area contributed by atoms with E-state index in [1.54, 1.807) is 31.2 Å². The standard InChI is InChI=1S/C13H22N2O3S/c1-3-9-18-12-7-5-11(6-8-12)15-19(16,17)13(4-2)10-14/h5-8,13,15H,3-4,9-10,14H2,1-2H3. The average molecular weight is 286 g/mol. The van der Waals surface area contributed by atoms with Crippen LogP contribution < -0.4 is 15.2 Å². The maximum Gasteiger partial charge on any atom is 0.236 e. The van der Waals surface area contributed by atoms with Gasteiger partial charge in [-0.2, -0.15) is 0 Å². The van der Waals surface area contributed by atoms with Crippen LogP contribution in [0.4, 0.5) is 5.69 Å². The van der Waals surface area contributed by atoms with Gasteiger partial charge in [-0.25, -0.2) is 8.42 Å². The number of benzene rings is 1. The Kier molecular flexibility index (Phi) is 6.11. The Hall–Kier alpha value is -1.27. The van der Waals surface area contributed by atoms with Crippen molar-refractivity contribution in [1.82, 2.24) is 0 Å². The summed E-state index contributed by atoms with van der Waals surface area (Å²) in [5, 5.41) is -0.566. The van der Waals surface area contributed by atoms with Gasteiger partial charge in [0.05, 0.1) is 11.9 Å². The molecule has 3 N–H and O–H groups in total. The third kappa shape index (κ3) is 4.72. The molecule has 0 amide bonds. The molecular weight excluding hydrogens is 264 g/mol. The van der Waals surface area contributed by atoms with E-state index >= 15 is 0 Å². The molecule has 0 aromatic heterocycles. The van der Waals surface area contributed by atoms with Gasteiger partial charge in [0.25, 0.3) is 0 Å². The second kappa shape index (κ2) is 7.35. The van der Waals surface area contributed by atoms with Crippen LogP contribution in [0.5, 0.6) is 5.75 Å². The van der Waals surface area contributed by atoms with E-state index in [0.717, 1.165) is 12.2 Å². The van der Waals surface area contributed by atoms with E-state index in [1.165, 1.54) is 0 Å².